The summed E-state index contributed by atoms with van der Waals surface area (Å²) in [5.41, 5.74) is 0.431. The van der Waals surface area contributed by atoms with Crippen LogP contribution in [0.1, 0.15) is 6.92 Å². The maximum atomic E-state index is 12.3. The molecule has 1 heterocycles. The second-order valence-corrected chi connectivity index (χ2v) is 7.56. The van der Waals surface area contributed by atoms with E-state index in [1.165, 1.54) is 6.92 Å². The number of rotatable bonds is 4. The molecule has 2 aromatic carbocycles. The van der Waals surface area contributed by atoms with Gasteiger partial charge < -0.3 is 5.32 Å². The van der Waals surface area contributed by atoms with Crippen LogP contribution in [-0.2, 0) is 14.8 Å². The Morgan fingerprint density at radius 2 is 1.83 bits per heavy atom. The number of benzene rings is 2. The predicted octanol–water partition coefficient (Wildman–Crippen LogP) is 2.45. The number of hydrogen-bond donors (Lipinski definition) is 2. The smallest absolute Gasteiger partial charge is 0.291 e. The molecule has 7 nitrogen and oxygen atoms in total. The summed E-state index contributed by atoms with van der Waals surface area (Å²) in [6.07, 6.45) is 0. The van der Waals surface area contributed by atoms with E-state index in [4.69, 9.17) is 0 Å². The number of amides is 1. The average Bonchev–Trinajstić information content (AvgIpc) is 2.95. The fraction of sp³-hybridized carbons (Fsp3) is 0.0714. The van der Waals surface area contributed by atoms with Gasteiger partial charge in [-0.2, -0.15) is 8.42 Å². The number of anilines is 2. The van der Waals surface area contributed by atoms with Crippen molar-refractivity contribution in [2.75, 3.05) is 10.0 Å². The van der Waals surface area contributed by atoms with Crippen LogP contribution in [0.3, 0.4) is 0 Å². The Morgan fingerprint density at radius 3 is 2.57 bits per heavy atom. The van der Waals surface area contributed by atoms with Gasteiger partial charge in [-0.05, 0) is 22.9 Å². The van der Waals surface area contributed by atoms with E-state index < -0.39 is 10.0 Å². The summed E-state index contributed by atoms with van der Waals surface area (Å²) in [7, 11) is -3.85. The fourth-order valence-electron chi connectivity index (χ4n) is 1.97. The number of hydrogen-bond acceptors (Lipinski definition) is 6. The SMILES string of the molecule is CC(=O)Nc1nnc(S(=O)(=O)Nc2ccc3ccccc3c2)s1. The minimum Gasteiger partial charge on any atom is -0.301 e. The summed E-state index contributed by atoms with van der Waals surface area (Å²) in [5.74, 6) is -0.340. The number of aromatic nitrogens is 2. The van der Waals surface area contributed by atoms with Gasteiger partial charge in [-0.15, -0.1) is 10.2 Å². The molecule has 0 saturated heterocycles. The summed E-state index contributed by atoms with van der Waals surface area (Å²) in [6, 6.07) is 12.9. The normalized spacial score (nSPS) is 11.3. The third-order valence-electron chi connectivity index (χ3n) is 2.92. The minimum atomic E-state index is -3.85. The lowest BCUT2D eigenvalue weighted by Gasteiger charge is -2.06. The van der Waals surface area contributed by atoms with Crippen molar-refractivity contribution < 1.29 is 13.2 Å². The molecule has 9 heteroatoms. The van der Waals surface area contributed by atoms with E-state index in [1.54, 1.807) is 12.1 Å². The van der Waals surface area contributed by atoms with Gasteiger partial charge in [0.2, 0.25) is 11.0 Å². The third-order valence-corrected chi connectivity index (χ3v) is 5.51. The van der Waals surface area contributed by atoms with Crippen LogP contribution in [0, 0.1) is 0 Å². The van der Waals surface area contributed by atoms with Crippen LogP contribution in [0.2, 0.25) is 0 Å². The molecule has 0 bridgehead atoms. The molecule has 0 fully saturated rings. The molecule has 23 heavy (non-hydrogen) atoms. The van der Waals surface area contributed by atoms with Gasteiger partial charge in [0, 0.05) is 12.6 Å². The molecule has 0 radical (unpaired) electrons. The zero-order valence-corrected chi connectivity index (χ0v) is 13.6. The van der Waals surface area contributed by atoms with Crippen LogP contribution >= 0.6 is 11.3 Å². The fourth-order valence-corrected chi connectivity index (χ4v) is 3.97. The molecule has 0 spiro atoms. The van der Waals surface area contributed by atoms with Crippen molar-refractivity contribution in [2.24, 2.45) is 0 Å². The number of sulfonamides is 1. The van der Waals surface area contributed by atoms with Gasteiger partial charge in [-0.1, -0.05) is 41.7 Å². The Bertz CT molecular complexity index is 982. The van der Waals surface area contributed by atoms with Crippen molar-refractivity contribution in [3.8, 4) is 0 Å². The number of nitrogens with zero attached hydrogens (tertiary/aromatic N) is 2. The van der Waals surface area contributed by atoms with Crippen molar-refractivity contribution in [1.29, 1.82) is 0 Å². The molecule has 1 aromatic heterocycles. The van der Waals surface area contributed by atoms with Crippen LogP contribution < -0.4 is 10.0 Å². The average molecular weight is 348 g/mol. The van der Waals surface area contributed by atoms with Crippen molar-refractivity contribution in [3.05, 3.63) is 42.5 Å². The first kappa shape index (κ1) is 15.4. The van der Waals surface area contributed by atoms with Gasteiger partial charge in [-0.3, -0.25) is 9.52 Å². The standard InChI is InChI=1S/C14H12N4O3S2/c1-9(19)15-13-16-17-14(22-13)23(20,21)18-12-7-6-10-4-2-3-5-11(10)8-12/h2-8,18H,1H3,(H,15,16,19). The van der Waals surface area contributed by atoms with E-state index in [-0.39, 0.29) is 15.4 Å². The Kier molecular flexibility index (Phi) is 3.97. The lowest BCUT2D eigenvalue weighted by Crippen LogP contribution is -2.12. The molecule has 0 aliphatic carbocycles. The number of carbonyl (C=O) groups excluding carboxylic acids is 1. The second-order valence-electron chi connectivity index (χ2n) is 4.72. The van der Waals surface area contributed by atoms with Crippen LogP contribution in [0.4, 0.5) is 10.8 Å². The van der Waals surface area contributed by atoms with E-state index in [2.05, 4.69) is 20.2 Å². The molecular weight excluding hydrogens is 336 g/mol. The third kappa shape index (κ3) is 3.46. The van der Waals surface area contributed by atoms with E-state index in [0.717, 1.165) is 22.1 Å². The predicted molar refractivity (Wildman–Crippen MR) is 89.0 cm³/mol. The number of nitrogens with one attached hydrogen (secondary N) is 2. The molecule has 0 saturated carbocycles. The zero-order valence-electron chi connectivity index (χ0n) is 12.0. The van der Waals surface area contributed by atoms with Gasteiger partial charge in [0.15, 0.2) is 0 Å². The van der Waals surface area contributed by atoms with Gasteiger partial charge in [0.05, 0.1) is 0 Å². The molecule has 2 N–H and O–H groups in total. The molecular formula is C14H12N4O3S2. The summed E-state index contributed by atoms with van der Waals surface area (Å²) in [5, 5.41) is 11.7. The molecule has 0 aliphatic heterocycles. The quantitative estimate of drug-likeness (QED) is 0.705. The zero-order chi connectivity index (χ0) is 16.4. The van der Waals surface area contributed by atoms with Crippen molar-refractivity contribution >= 4 is 48.9 Å². The highest BCUT2D eigenvalue weighted by Gasteiger charge is 2.20. The van der Waals surface area contributed by atoms with E-state index in [1.807, 2.05) is 30.3 Å². The van der Waals surface area contributed by atoms with Crippen LogP contribution in [0.5, 0.6) is 0 Å². The van der Waals surface area contributed by atoms with Gasteiger partial charge in [0.1, 0.15) is 0 Å². The molecule has 3 aromatic rings. The second kappa shape index (κ2) is 5.94. The molecule has 0 aliphatic rings. The van der Waals surface area contributed by atoms with E-state index in [9.17, 15) is 13.2 Å². The first-order chi connectivity index (χ1) is 10.9. The highest BCUT2D eigenvalue weighted by Crippen LogP contribution is 2.24. The monoisotopic (exact) mass is 348 g/mol. The van der Waals surface area contributed by atoms with Crippen LogP contribution in [-0.4, -0.2) is 24.5 Å². The number of carbonyl (C=O) groups is 1. The van der Waals surface area contributed by atoms with E-state index >= 15 is 0 Å². The first-order valence-corrected chi connectivity index (χ1v) is 8.87. The Labute approximate surface area is 136 Å². The first-order valence-electron chi connectivity index (χ1n) is 6.57. The van der Waals surface area contributed by atoms with Crippen molar-refractivity contribution in [1.82, 2.24) is 10.2 Å². The molecule has 3 rings (SSSR count). The Morgan fingerprint density at radius 1 is 1.09 bits per heavy atom. The number of fused-ring (bicyclic) bond motifs is 1. The maximum Gasteiger partial charge on any atom is 0.291 e. The molecule has 1 amide bonds. The van der Waals surface area contributed by atoms with Gasteiger partial charge in [0.25, 0.3) is 14.4 Å². The van der Waals surface area contributed by atoms with Crippen molar-refractivity contribution in [3.63, 3.8) is 0 Å². The van der Waals surface area contributed by atoms with Gasteiger partial charge in [-0.25, -0.2) is 0 Å². The van der Waals surface area contributed by atoms with Crippen LogP contribution in [0.15, 0.2) is 46.8 Å². The summed E-state index contributed by atoms with van der Waals surface area (Å²) >= 11 is 0.786. The summed E-state index contributed by atoms with van der Waals surface area (Å²) < 4.78 is 26.9. The lowest BCUT2D eigenvalue weighted by atomic mass is 10.1. The molecule has 0 unspecified atom stereocenters. The molecule has 118 valence electrons. The highest BCUT2D eigenvalue weighted by atomic mass is 32.2. The molecule has 0 atom stereocenters. The highest BCUT2D eigenvalue weighted by molar-refractivity contribution is 7.94. The maximum absolute atomic E-state index is 12.3. The topological polar surface area (TPSA) is 101 Å². The Hall–Kier alpha value is -2.52. The minimum absolute atomic E-state index is 0.136. The summed E-state index contributed by atoms with van der Waals surface area (Å²) in [6.45, 7) is 1.31. The largest absolute Gasteiger partial charge is 0.301 e. The summed E-state index contributed by atoms with van der Waals surface area (Å²) in [4.78, 5) is 11.0. The lowest BCUT2D eigenvalue weighted by molar-refractivity contribution is -0.114. The van der Waals surface area contributed by atoms with Gasteiger partial charge >= 0.3 is 0 Å². The van der Waals surface area contributed by atoms with Crippen LogP contribution in [0.25, 0.3) is 10.8 Å². The van der Waals surface area contributed by atoms with E-state index in [0.29, 0.717) is 5.69 Å². The van der Waals surface area contributed by atoms with Crippen molar-refractivity contribution in [2.45, 2.75) is 11.3 Å². The Balaban J connectivity index is 1.87.